The molecule has 0 aromatic heterocycles. The van der Waals surface area contributed by atoms with E-state index in [1.54, 1.807) is 31.3 Å². The summed E-state index contributed by atoms with van der Waals surface area (Å²) in [5.41, 5.74) is 7.03. The van der Waals surface area contributed by atoms with Gasteiger partial charge in [-0.15, -0.1) is 0 Å². The van der Waals surface area contributed by atoms with Crippen molar-refractivity contribution < 1.29 is 9.59 Å². The molecule has 0 aliphatic carbocycles. The zero-order chi connectivity index (χ0) is 11.0. The number of Topliss-reactive ketones (excluding diaryl/α,β-unsaturated/α-hetero) is 1. The maximum Gasteiger partial charge on any atom is 0.230 e. The van der Waals surface area contributed by atoms with Crippen molar-refractivity contribution in [2.75, 3.05) is 12.8 Å². The van der Waals surface area contributed by atoms with E-state index in [9.17, 15) is 9.59 Å². The monoisotopic (exact) mass is 204 g/mol. The van der Waals surface area contributed by atoms with Crippen molar-refractivity contribution in [1.82, 2.24) is 4.90 Å². The van der Waals surface area contributed by atoms with Crippen molar-refractivity contribution in [1.29, 1.82) is 0 Å². The highest BCUT2D eigenvalue weighted by molar-refractivity contribution is 6.07. The van der Waals surface area contributed by atoms with Crippen LogP contribution in [0.1, 0.15) is 18.0 Å². The number of amides is 1. The van der Waals surface area contributed by atoms with Crippen LogP contribution in [-0.2, 0) is 9.59 Å². The zero-order valence-corrected chi connectivity index (χ0v) is 8.43. The van der Waals surface area contributed by atoms with Crippen molar-refractivity contribution >= 4 is 17.4 Å². The molecule has 4 heteroatoms. The molecule has 2 N–H and O–H groups in total. The van der Waals surface area contributed by atoms with Crippen molar-refractivity contribution in [3.8, 4) is 0 Å². The highest BCUT2D eigenvalue weighted by Gasteiger charge is 2.36. The Hall–Kier alpha value is -1.84. The van der Waals surface area contributed by atoms with E-state index in [1.165, 1.54) is 4.90 Å². The van der Waals surface area contributed by atoms with Gasteiger partial charge in [0.1, 0.15) is 6.04 Å². The molecule has 1 unspecified atom stereocenters. The number of likely N-dealkylation sites (N-methyl/N-ethyl adjacent to an activating group) is 1. The zero-order valence-electron chi connectivity index (χ0n) is 8.43. The molecule has 1 aromatic carbocycles. The first kappa shape index (κ1) is 9.71. The standard InChI is InChI=1S/C11H12N2O2/c1-13-10(15)6-9(14)11(13)7-2-4-8(12)5-3-7/h2-5,11H,6,12H2,1H3. The van der Waals surface area contributed by atoms with Crippen LogP contribution in [-0.4, -0.2) is 23.6 Å². The number of hydrogen-bond acceptors (Lipinski definition) is 3. The van der Waals surface area contributed by atoms with Crippen molar-refractivity contribution in [3.63, 3.8) is 0 Å². The lowest BCUT2D eigenvalue weighted by Gasteiger charge is -2.18. The van der Waals surface area contributed by atoms with Crippen molar-refractivity contribution in [2.45, 2.75) is 12.5 Å². The SMILES string of the molecule is CN1C(=O)CC(=O)C1c1ccc(N)cc1. The van der Waals surface area contributed by atoms with Crippen LogP contribution in [0.2, 0.25) is 0 Å². The van der Waals surface area contributed by atoms with Gasteiger partial charge < -0.3 is 10.6 Å². The third-order valence-electron chi connectivity index (χ3n) is 2.66. The average molecular weight is 204 g/mol. The third-order valence-corrected chi connectivity index (χ3v) is 2.66. The summed E-state index contributed by atoms with van der Waals surface area (Å²) in [6.45, 7) is 0. The number of nitrogen functional groups attached to an aromatic ring is 1. The fraction of sp³-hybridized carbons (Fsp3) is 0.273. The number of carbonyl (C=O) groups excluding carboxylic acids is 2. The fourth-order valence-electron chi connectivity index (χ4n) is 1.82. The number of carbonyl (C=O) groups is 2. The molecule has 0 spiro atoms. The topological polar surface area (TPSA) is 63.4 Å². The highest BCUT2D eigenvalue weighted by atomic mass is 16.2. The molecule has 0 saturated carbocycles. The minimum Gasteiger partial charge on any atom is -0.399 e. The van der Waals surface area contributed by atoms with Crippen LogP contribution in [0.25, 0.3) is 0 Å². The number of anilines is 1. The number of nitrogens with zero attached hydrogens (tertiary/aromatic N) is 1. The Labute approximate surface area is 87.7 Å². The van der Waals surface area contributed by atoms with Gasteiger partial charge in [0.05, 0.1) is 6.42 Å². The number of hydrogen-bond donors (Lipinski definition) is 1. The minimum absolute atomic E-state index is 0.00550. The van der Waals surface area contributed by atoms with Crippen LogP contribution in [0.3, 0.4) is 0 Å². The lowest BCUT2D eigenvalue weighted by atomic mass is 10.0. The van der Waals surface area contributed by atoms with E-state index < -0.39 is 6.04 Å². The molecule has 1 fully saturated rings. The predicted octanol–water partition coefficient (Wildman–Crippen LogP) is 0.741. The molecule has 0 bridgehead atoms. The molecule has 1 amide bonds. The van der Waals surface area contributed by atoms with Gasteiger partial charge in [0, 0.05) is 12.7 Å². The molecule has 1 heterocycles. The van der Waals surface area contributed by atoms with Gasteiger partial charge in [-0.2, -0.15) is 0 Å². The molecule has 2 rings (SSSR count). The highest BCUT2D eigenvalue weighted by Crippen LogP contribution is 2.28. The normalized spacial score (nSPS) is 21.1. The molecule has 1 aliphatic rings. The van der Waals surface area contributed by atoms with Crippen molar-refractivity contribution in [2.24, 2.45) is 0 Å². The van der Waals surface area contributed by atoms with Crippen LogP contribution in [0.5, 0.6) is 0 Å². The summed E-state index contributed by atoms with van der Waals surface area (Å²) in [7, 11) is 1.65. The molecule has 1 saturated heterocycles. The summed E-state index contributed by atoms with van der Waals surface area (Å²) in [4.78, 5) is 24.4. The third kappa shape index (κ3) is 1.58. The van der Waals surface area contributed by atoms with Crippen LogP contribution in [0.15, 0.2) is 24.3 Å². The van der Waals surface area contributed by atoms with E-state index in [4.69, 9.17) is 5.73 Å². The van der Waals surface area contributed by atoms with Gasteiger partial charge in [-0.3, -0.25) is 9.59 Å². The maximum atomic E-state index is 11.6. The van der Waals surface area contributed by atoms with Crippen LogP contribution >= 0.6 is 0 Å². The van der Waals surface area contributed by atoms with Crippen LogP contribution in [0, 0.1) is 0 Å². The Morgan fingerprint density at radius 1 is 1.27 bits per heavy atom. The molecule has 1 aliphatic heterocycles. The number of rotatable bonds is 1. The van der Waals surface area contributed by atoms with E-state index in [2.05, 4.69) is 0 Å². The summed E-state index contributed by atoms with van der Waals surface area (Å²) in [5, 5.41) is 0. The van der Waals surface area contributed by atoms with Gasteiger partial charge in [0.25, 0.3) is 0 Å². The average Bonchev–Trinajstić information content (AvgIpc) is 2.44. The molecular formula is C11H12N2O2. The van der Waals surface area contributed by atoms with Gasteiger partial charge in [0.2, 0.25) is 5.91 Å². The summed E-state index contributed by atoms with van der Waals surface area (Å²) in [5.74, 6) is -0.172. The summed E-state index contributed by atoms with van der Waals surface area (Å²) in [6, 6.07) is 6.61. The second-order valence-electron chi connectivity index (χ2n) is 3.72. The summed E-state index contributed by atoms with van der Waals surface area (Å²) >= 11 is 0. The Balaban J connectivity index is 2.34. The summed E-state index contributed by atoms with van der Waals surface area (Å²) < 4.78 is 0. The summed E-state index contributed by atoms with van der Waals surface area (Å²) in [6.07, 6.45) is 0.00550. The Morgan fingerprint density at radius 3 is 2.33 bits per heavy atom. The van der Waals surface area contributed by atoms with Gasteiger partial charge in [-0.05, 0) is 17.7 Å². The molecule has 0 radical (unpaired) electrons. The van der Waals surface area contributed by atoms with Crippen LogP contribution in [0.4, 0.5) is 5.69 Å². The Kier molecular flexibility index (Phi) is 2.19. The lowest BCUT2D eigenvalue weighted by molar-refractivity contribution is -0.127. The van der Waals surface area contributed by atoms with Gasteiger partial charge in [0.15, 0.2) is 5.78 Å². The minimum atomic E-state index is -0.432. The van der Waals surface area contributed by atoms with E-state index in [0.717, 1.165) is 5.56 Å². The molecule has 1 aromatic rings. The van der Waals surface area contributed by atoms with Crippen LogP contribution < -0.4 is 5.73 Å². The van der Waals surface area contributed by atoms with E-state index >= 15 is 0 Å². The maximum absolute atomic E-state index is 11.6. The smallest absolute Gasteiger partial charge is 0.230 e. The van der Waals surface area contributed by atoms with E-state index in [1.807, 2.05) is 0 Å². The largest absolute Gasteiger partial charge is 0.399 e. The number of likely N-dealkylation sites (tertiary alicyclic amines) is 1. The molecule has 15 heavy (non-hydrogen) atoms. The second kappa shape index (κ2) is 3.38. The molecular weight excluding hydrogens is 192 g/mol. The van der Waals surface area contributed by atoms with Crippen molar-refractivity contribution in [3.05, 3.63) is 29.8 Å². The van der Waals surface area contributed by atoms with E-state index in [-0.39, 0.29) is 18.1 Å². The molecule has 1 atom stereocenters. The van der Waals surface area contributed by atoms with Gasteiger partial charge >= 0.3 is 0 Å². The first-order valence-electron chi connectivity index (χ1n) is 4.73. The first-order valence-corrected chi connectivity index (χ1v) is 4.73. The quantitative estimate of drug-likeness (QED) is 0.542. The Morgan fingerprint density at radius 2 is 1.87 bits per heavy atom. The molecule has 78 valence electrons. The first-order chi connectivity index (χ1) is 7.09. The molecule has 4 nitrogen and oxygen atoms in total. The number of nitrogens with two attached hydrogens (primary N) is 1. The Bertz CT molecular complexity index is 411. The lowest BCUT2D eigenvalue weighted by Crippen LogP contribution is -2.24. The number of benzene rings is 1. The van der Waals surface area contributed by atoms with Gasteiger partial charge in [-0.1, -0.05) is 12.1 Å². The predicted molar refractivity (Wildman–Crippen MR) is 56.0 cm³/mol. The fourth-order valence-corrected chi connectivity index (χ4v) is 1.82. The number of ketones is 1. The van der Waals surface area contributed by atoms with Gasteiger partial charge in [-0.25, -0.2) is 0 Å². The van der Waals surface area contributed by atoms with E-state index in [0.29, 0.717) is 5.69 Å². The second-order valence-corrected chi connectivity index (χ2v) is 3.72.